The van der Waals surface area contributed by atoms with Gasteiger partial charge >= 0.3 is 0 Å². The molecule has 1 unspecified atom stereocenters. The smallest absolute Gasteiger partial charge is 0.0386 e. The summed E-state index contributed by atoms with van der Waals surface area (Å²) in [7, 11) is 0. The molecule has 1 aliphatic heterocycles. The van der Waals surface area contributed by atoms with Gasteiger partial charge in [0.05, 0.1) is 0 Å². The Morgan fingerprint density at radius 1 is 1.35 bits per heavy atom. The van der Waals surface area contributed by atoms with Crippen LogP contribution in [0.4, 0.5) is 0 Å². The van der Waals surface area contributed by atoms with Crippen LogP contribution in [0.15, 0.2) is 17.5 Å². The minimum atomic E-state index is 0.511. The van der Waals surface area contributed by atoms with E-state index >= 15 is 0 Å². The molecule has 17 heavy (non-hydrogen) atoms. The molecule has 1 aromatic heterocycles. The van der Waals surface area contributed by atoms with E-state index in [0.717, 1.165) is 6.54 Å². The fourth-order valence-electron chi connectivity index (χ4n) is 2.44. The topological polar surface area (TPSA) is 15.3 Å². The van der Waals surface area contributed by atoms with Gasteiger partial charge in [0.2, 0.25) is 0 Å². The zero-order chi connectivity index (χ0) is 11.9. The minimum absolute atomic E-state index is 0.511. The third kappa shape index (κ3) is 4.41. The fraction of sp³-hybridized carbons (Fsp3) is 0.714. The molecule has 0 saturated carbocycles. The molecule has 0 aromatic carbocycles. The summed E-state index contributed by atoms with van der Waals surface area (Å²) in [5.41, 5.74) is 0. The van der Waals surface area contributed by atoms with Gasteiger partial charge in [0.1, 0.15) is 0 Å². The minimum Gasteiger partial charge on any atom is -0.309 e. The number of piperidine rings is 1. The van der Waals surface area contributed by atoms with Crippen LogP contribution in [0, 0.1) is 0 Å². The molecule has 2 nitrogen and oxygen atoms in total. The van der Waals surface area contributed by atoms with E-state index in [1.54, 1.807) is 0 Å². The number of likely N-dealkylation sites (tertiary alicyclic amines) is 1. The van der Waals surface area contributed by atoms with Gasteiger partial charge in [-0.15, -0.1) is 11.3 Å². The quantitative estimate of drug-likeness (QED) is 0.782. The molecule has 96 valence electrons. The number of hydrogen-bond acceptors (Lipinski definition) is 3. The van der Waals surface area contributed by atoms with E-state index in [2.05, 4.69) is 34.7 Å². The average molecular weight is 252 g/mol. The first-order valence-corrected chi connectivity index (χ1v) is 7.73. The van der Waals surface area contributed by atoms with Gasteiger partial charge in [0, 0.05) is 10.9 Å². The number of hydrogen-bond donors (Lipinski definition) is 1. The van der Waals surface area contributed by atoms with E-state index in [0.29, 0.717) is 6.04 Å². The Morgan fingerprint density at radius 2 is 2.18 bits per heavy atom. The highest BCUT2D eigenvalue weighted by Crippen LogP contribution is 2.17. The highest BCUT2D eigenvalue weighted by atomic mass is 32.1. The summed E-state index contributed by atoms with van der Waals surface area (Å²) in [5.74, 6) is 0. The zero-order valence-electron chi connectivity index (χ0n) is 10.8. The number of nitrogens with zero attached hydrogens (tertiary/aromatic N) is 1. The molecule has 3 heteroatoms. The lowest BCUT2D eigenvalue weighted by atomic mass is 10.1. The van der Waals surface area contributed by atoms with Crippen molar-refractivity contribution in [2.24, 2.45) is 0 Å². The van der Waals surface area contributed by atoms with Gasteiger partial charge in [0.25, 0.3) is 0 Å². The zero-order valence-corrected chi connectivity index (χ0v) is 11.6. The molecular weight excluding hydrogens is 228 g/mol. The van der Waals surface area contributed by atoms with Crippen molar-refractivity contribution in [2.75, 3.05) is 26.2 Å². The lowest BCUT2D eigenvalue weighted by Crippen LogP contribution is -2.32. The molecule has 0 radical (unpaired) electrons. The Kier molecular flexibility index (Phi) is 5.49. The molecule has 0 amide bonds. The van der Waals surface area contributed by atoms with Gasteiger partial charge in [-0.25, -0.2) is 0 Å². The second kappa shape index (κ2) is 7.14. The highest BCUT2D eigenvalue weighted by molar-refractivity contribution is 7.10. The average Bonchev–Trinajstić information content (AvgIpc) is 2.89. The summed E-state index contributed by atoms with van der Waals surface area (Å²) < 4.78 is 0. The summed E-state index contributed by atoms with van der Waals surface area (Å²) in [6, 6.07) is 4.86. The maximum Gasteiger partial charge on any atom is 0.0386 e. The number of nitrogens with one attached hydrogen (secondary N) is 1. The van der Waals surface area contributed by atoms with Gasteiger partial charge in [-0.1, -0.05) is 12.5 Å². The molecule has 1 saturated heterocycles. The molecule has 2 heterocycles. The van der Waals surface area contributed by atoms with Gasteiger partial charge < -0.3 is 10.2 Å². The second-order valence-corrected chi connectivity index (χ2v) is 5.93. The lowest BCUT2D eigenvalue weighted by Gasteiger charge is -2.26. The maximum atomic E-state index is 3.61. The number of thiophene rings is 1. The molecule has 0 bridgehead atoms. The van der Waals surface area contributed by atoms with Crippen LogP contribution >= 0.6 is 11.3 Å². The summed E-state index contributed by atoms with van der Waals surface area (Å²) in [4.78, 5) is 4.06. The Morgan fingerprint density at radius 3 is 2.88 bits per heavy atom. The Bertz CT molecular complexity index is 291. The van der Waals surface area contributed by atoms with E-state index in [4.69, 9.17) is 0 Å². The predicted octanol–water partition coefficient (Wildman–Crippen LogP) is 3.27. The molecule has 1 atom stereocenters. The van der Waals surface area contributed by atoms with Crippen LogP contribution in [-0.4, -0.2) is 31.1 Å². The van der Waals surface area contributed by atoms with Crippen LogP contribution in [-0.2, 0) is 0 Å². The van der Waals surface area contributed by atoms with Crippen LogP contribution in [0.1, 0.15) is 43.5 Å². The molecule has 2 rings (SSSR count). The van der Waals surface area contributed by atoms with Crippen LogP contribution in [0.5, 0.6) is 0 Å². The predicted molar refractivity (Wildman–Crippen MR) is 75.6 cm³/mol. The summed E-state index contributed by atoms with van der Waals surface area (Å²) in [6.07, 6.45) is 5.51. The summed E-state index contributed by atoms with van der Waals surface area (Å²) >= 11 is 1.84. The molecule has 1 fully saturated rings. The van der Waals surface area contributed by atoms with Crippen molar-refractivity contribution in [1.29, 1.82) is 0 Å². The Labute approximate surface area is 109 Å². The standard InChI is InChI=1S/C14H24N2S/c1-13(14-7-5-12-17-14)15-8-6-11-16-9-3-2-4-10-16/h5,7,12-13,15H,2-4,6,8-11H2,1H3. The summed E-state index contributed by atoms with van der Waals surface area (Å²) in [5, 5.41) is 5.76. The van der Waals surface area contributed by atoms with Crippen LogP contribution in [0.25, 0.3) is 0 Å². The first kappa shape index (κ1) is 13.1. The normalized spacial score (nSPS) is 19.4. The summed E-state index contributed by atoms with van der Waals surface area (Å²) in [6.45, 7) is 7.30. The van der Waals surface area contributed by atoms with Crippen molar-refractivity contribution < 1.29 is 0 Å². The van der Waals surface area contributed by atoms with Gasteiger partial charge in [-0.2, -0.15) is 0 Å². The molecule has 1 aliphatic rings. The van der Waals surface area contributed by atoms with Crippen molar-refractivity contribution in [2.45, 2.75) is 38.6 Å². The first-order valence-electron chi connectivity index (χ1n) is 6.85. The van der Waals surface area contributed by atoms with E-state index in [1.165, 1.54) is 50.2 Å². The van der Waals surface area contributed by atoms with Crippen molar-refractivity contribution >= 4 is 11.3 Å². The van der Waals surface area contributed by atoms with Gasteiger partial charge in [-0.3, -0.25) is 0 Å². The molecule has 0 spiro atoms. The maximum absolute atomic E-state index is 3.61. The van der Waals surface area contributed by atoms with Gasteiger partial charge in [0.15, 0.2) is 0 Å². The van der Waals surface area contributed by atoms with Crippen LogP contribution < -0.4 is 5.32 Å². The molecular formula is C14H24N2S. The van der Waals surface area contributed by atoms with Crippen LogP contribution in [0.2, 0.25) is 0 Å². The fourth-order valence-corrected chi connectivity index (χ4v) is 3.20. The second-order valence-electron chi connectivity index (χ2n) is 4.95. The molecule has 1 aromatic rings. The highest BCUT2D eigenvalue weighted by Gasteiger charge is 2.09. The van der Waals surface area contributed by atoms with E-state index in [9.17, 15) is 0 Å². The van der Waals surface area contributed by atoms with E-state index in [-0.39, 0.29) is 0 Å². The Hall–Kier alpha value is -0.380. The third-order valence-corrected chi connectivity index (χ3v) is 4.58. The van der Waals surface area contributed by atoms with Crippen LogP contribution in [0.3, 0.4) is 0 Å². The van der Waals surface area contributed by atoms with Crippen molar-refractivity contribution in [3.63, 3.8) is 0 Å². The Balaban J connectivity index is 1.56. The lowest BCUT2D eigenvalue weighted by molar-refractivity contribution is 0.225. The van der Waals surface area contributed by atoms with Crippen molar-refractivity contribution in [1.82, 2.24) is 10.2 Å². The number of rotatable bonds is 6. The van der Waals surface area contributed by atoms with Gasteiger partial charge in [-0.05, 0) is 63.8 Å². The monoisotopic (exact) mass is 252 g/mol. The van der Waals surface area contributed by atoms with Crippen molar-refractivity contribution in [3.8, 4) is 0 Å². The molecule has 1 N–H and O–H groups in total. The van der Waals surface area contributed by atoms with E-state index < -0.39 is 0 Å². The SMILES string of the molecule is CC(NCCCN1CCCCC1)c1cccs1. The van der Waals surface area contributed by atoms with E-state index in [1.807, 2.05) is 11.3 Å². The molecule has 0 aliphatic carbocycles. The van der Waals surface area contributed by atoms with Crippen molar-refractivity contribution in [3.05, 3.63) is 22.4 Å². The third-order valence-electron chi connectivity index (χ3n) is 3.52. The largest absolute Gasteiger partial charge is 0.309 e. The first-order chi connectivity index (χ1) is 8.36.